The van der Waals surface area contributed by atoms with Gasteiger partial charge in [-0.15, -0.1) is 5.10 Å². The Hall–Kier alpha value is -1.95. The van der Waals surface area contributed by atoms with E-state index in [-0.39, 0.29) is 0 Å². The number of nitrogens with one attached hydrogen (secondary N) is 1. The lowest BCUT2D eigenvalue weighted by Gasteiger charge is -2.08. The van der Waals surface area contributed by atoms with Gasteiger partial charge in [0, 0.05) is 18.1 Å². The van der Waals surface area contributed by atoms with E-state index in [4.69, 9.17) is 4.98 Å². The topological polar surface area (TPSA) is 55.6 Å². The molecule has 0 unspecified atom stereocenters. The Balaban J connectivity index is 1.90. The van der Waals surface area contributed by atoms with Gasteiger partial charge < -0.3 is 9.88 Å². The molecule has 19 heavy (non-hydrogen) atoms. The number of hydrogen-bond acceptors (Lipinski definition) is 5. The summed E-state index contributed by atoms with van der Waals surface area (Å²) in [7, 11) is 0. The Morgan fingerprint density at radius 2 is 2.21 bits per heavy atom. The van der Waals surface area contributed by atoms with Gasteiger partial charge >= 0.3 is 0 Å². The number of aromatic nitrogens is 4. The van der Waals surface area contributed by atoms with E-state index in [1.165, 1.54) is 17.0 Å². The first-order valence-electron chi connectivity index (χ1n) is 6.34. The van der Waals surface area contributed by atoms with Crippen LogP contribution in [0.1, 0.15) is 19.2 Å². The highest BCUT2D eigenvalue weighted by molar-refractivity contribution is 7.09. The van der Waals surface area contributed by atoms with Crippen molar-refractivity contribution < 1.29 is 0 Å². The summed E-state index contributed by atoms with van der Waals surface area (Å²) in [6.45, 7) is 3.86. The second kappa shape index (κ2) is 5.36. The summed E-state index contributed by atoms with van der Waals surface area (Å²) in [5.74, 6) is 1.05. The van der Waals surface area contributed by atoms with Crippen molar-refractivity contribution in [2.24, 2.45) is 0 Å². The first-order valence-corrected chi connectivity index (χ1v) is 7.11. The maximum atomic E-state index is 4.70. The predicted octanol–water partition coefficient (Wildman–Crippen LogP) is 2.91. The SMILES string of the molecule is CCCn1c(CNc2cnns2)nc2ccccc21. The van der Waals surface area contributed by atoms with E-state index in [0.29, 0.717) is 6.54 Å². The molecule has 1 N–H and O–H groups in total. The Labute approximate surface area is 115 Å². The minimum absolute atomic E-state index is 0.693. The quantitative estimate of drug-likeness (QED) is 0.776. The van der Waals surface area contributed by atoms with E-state index in [0.717, 1.165) is 29.3 Å². The van der Waals surface area contributed by atoms with E-state index in [9.17, 15) is 0 Å². The van der Waals surface area contributed by atoms with E-state index in [1.807, 2.05) is 6.07 Å². The van der Waals surface area contributed by atoms with Crippen LogP contribution in [0.4, 0.5) is 5.00 Å². The summed E-state index contributed by atoms with van der Waals surface area (Å²) in [6, 6.07) is 8.26. The molecule has 0 aliphatic heterocycles. The number of para-hydroxylation sites is 2. The molecule has 3 aromatic rings. The number of anilines is 1. The maximum absolute atomic E-state index is 4.70. The summed E-state index contributed by atoms with van der Waals surface area (Å²) in [4.78, 5) is 4.70. The van der Waals surface area contributed by atoms with Gasteiger partial charge in [0.1, 0.15) is 10.8 Å². The van der Waals surface area contributed by atoms with Crippen molar-refractivity contribution in [3.63, 3.8) is 0 Å². The third-order valence-electron chi connectivity index (χ3n) is 2.96. The molecule has 0 aliphatic carbocycles. The first kappa shape index (κ1) is 12.1. The number of aryl methyl sites for hydroxylation is 1. The minimum atomic E-state index is 0.693. The van der Waals surface area contributed by atoms with Crippen LogP contribution in [0.2, 0.25) is 0 Å². The molecule has 2 heterocycles. The van der Waals surface area contributed by atoms with Crippen molar-refractivity contribution in [1.29, 1.82) is 0 Å². The summed E-state index contributed by atoms with van der Waals surface area (Å²) >= 11 is 1.36. The fraction of sp³-hybridized carbons (Fsp3) is 0.308. The lowest BCUT2D eigenvalue weighted by atomic mass is 10.3. The van der Waals surface area contributed by atoms with E-state index in [2.05, 4.69) is 44.6 Å². The molecule has 5 nitrogen and oxygen atoms in total. The van der Waals surface area contributed by atoms with Crippen LogP contribution in [0.5, 0.6) is 0 Å². The Kier molecular flexibility index (Phi) is 3.41. The molecule has 0 atom stereocenters. The van der Waals surface area contributed by atoms with Gasteiger partial charge in [0.2, 0.25) is 0 Å². The molecular formula is C13H15N5S. The minimum Gasteiger partial charge on any atom is -0.367 e. The number of hydrogen-bond donors (Lipinski definition) is 1. The van der Waals surface area contributed by atoms with E-state index >= 15 is 0 Å². The fourth-order valence-corrected chi connectivity index (χ4v) is 2.56. The number of benzene rings is 1. The van der Waals surface area contributed by atoms with Gasteiger partial charge in [-0.05, 0) is 18.6 Å². The fourth-order valence-electron chi connectivity index (χ4n) is 2.14. The molecule has 0 spiro atoms. The molecule has 2 aromatic heterocycles. The maximum Gasteiger partial charge on any atom is 0.130 e. The smallest absolute Gasteiger partial charge is 0.130 e. The van der Waals surface area contributed by atoms with Gasteiger partial charge in [0.05, 0.1) is 23.8 Å². The average Bonchev–Trinajstić information content (AvgIpc) is 3.05. The molecular weight excluding hydrogens is 258 g/mol. The van der Waals surface area contributed by atoms with Crippen LogP contribution in [0.3, 0.4) is 0 Å². The van der Waals surface area contributed by atoms with Crippen molar-refractivity contribution in [3.8, 4) is 0 Å². The van der Waals surface area contributed by atoms with Gasteiger partial charge in [-0.25, -0.2) is 4.98 Å². The number of imidazole rings is 1. The standard InChI is InChI=1S/C13H15N5S/c1-2-7-18-11-6-4-3-5-10(11)16-12(18)8-14-13-9-15-17-19-13/h3-6,9,14H,2,7-8H2,1H3. The zero-order valence-electron chi connectivity index (χ0n) is 10.7. The lowest BCUT2D eigenvalue weighted by molar-refractivity contribution is 0.661. The molecule has 6 heteroatoms. The highest BCUT2D eigenvalue weighted by Gasteiger charge is 2.09. The van der Waals surface area contributed by atoms with Crippen LogP contribution in [0, 0.1) is 0 Å². The second-order valence-electron chi connectivity index (χ2n) is 4.30. The largest absolute Gasteiger partial charge is 0.367 e. The van der Waals surface area contributed by atoms with Crippen LogP contribution >= 0.6 is 11.5 Å². The van der Waals surface area contributed by atoms with Crippen molar-refractivity contribution in [2.45, 2.75) is 26.4 Å². The summed E-state index contributed by atoms with van der Waals surface area (Å²) in [5.41, 5.74) is 2.25. The molecule has 0 radical (unpaired) electrons. The number of nitrogens with zero attached hydrogens (tertiary/aromatic N) is 4. The zero-order valence-corrected chi connectivity index (χ0v) is 11.5. The summed E-state index contributed by atoms with van der Waals surface area (Å²) in [6.07, 6.45) is 2.83. The van der Waals surface area contributed by atoms with Gasteiger partial charge in [-0.1, -0.05) is 23.5 Å². The van der Waals surface area contributed by atoms with Crippen LogP contribution in [0.25, 0.3) is 11.0 Å². The molecule has 0 saturated heterocycles. The van der Waals surface area contributed by atoms with Gasteiger partial charge in [-0.2, -0.15) is 0 Å². The molecule has 0 saturated carbocycles. The molecule has 1 aromatic carbocycles. The lowest BCUT2D eigenvalue weighted by Crippen LogP contribution is -2.08. The van der Waals surface area contributed by atoms with Crippen LogP contribution in [-0.2, 0) is 13.1 Å². The van der Waals surface area contributed by atoms with Crippen molar-refractivity contribution in [2.75, 3.05) is 5.32 Å². The Morgan fingerprint density at radius 1 is 1.32 bits per heavy atom. The summed E-state index contributed by atoms with van der Waals surface area (Å²) < 4.78 is 6.11. The van der Waals surface area contributed by atoms with Crippen LogP contribution in [0.15, 0.2) is 30.5 Å². The van der Waals surface area contributed by atoms with E-state index < -0.39 is 0 Å². The van der Waals surface area contributed by atoms with Gasteiger partial charge in [-0.3, -0.25) is 0 Å². The van der Waals surface area contributed by atoms with Gasteiger partial charge in [0.25, 0.3) is 0 Å². The highest BCUT2D eigenvalue weighted by atomic mass is 32.1. The van der Waals surface area contributed by atoms with E-state index in [1.54, 1.807) is 6.20 Å². The molecule has 0 amide bonds. The number of rotatable bonds is 5. The zero-order chi connectivity index (χ0) is 13.1. The van der Waals surface area contributed by atoms with Crippen LogP contribution in [-0.4, -0.2) is 19.1 Å². The normalized spacial score (nSPS) is 11.0. The predicted molar refractivity (Wildman–Crippen MR) is 77.3 cm³/mol. The Morgan fingerprint density at radius 3 is 3.00 bits per heavy atom. The molecule has 0 bridgehead atoms. The van der Waals surface area contributed by atoms with Crippen molar-refractivity contribution in [3.05, 3.63) is 36.3 Å². The first-order chi connectivity index (χ1) is 9.38. The average molecular weight is 273 g/mol. The number of fused-ring (bicyclic) bond motifs is 1. The van der Waals surface area contributed by atoms with Crippen LogP contribution < -0.4 is 5.32 Å². The van der Waals surface area contributed by atoms with Gasteiger partial charge in [0.15, 0.2) is 0 Å². The third kappa shape index (κ3) is 2.44. The molecule has 0 aliphatic rings. The van der Waals surface area contributed by atoms with Crippen molar-refractivity contribution in [1.82, 2.24) is 19.1 Å². The summed E-state index contributed by atoms with van der Waals surface area (Å²) in [5, 5.41) is 8.09. The monoisotopic (exact) mass is 273 g/mol. The van der Waals surface area contributed by atoms with Crippen molar-refractivity contribution >= 4 is 27.6 Å². The Bertz CT molecular complexity index is 659. The molecule has 0 fully saturated rings. The molecule has 98 valence electrons. The third-order valence-corrected chi connectivity index (χ3v) is 3.59. The molecule has 3 rings (SSSR count). The second-order valence-corrected chi connectivity index (χ2v) is 5.09. The highest BCUT2D eigenvalue weighted by Crippen LogP contribution is 2.18.